The van der Waals surface area contributed by atoms with Crippen molar-refractivity contribution >= 4 is 67.9 Å². The fraction of sp³-hybridized carbons (Fsp3) is 0.267. The van der Waals surface area contributed by atoms with E-state index in [1.165, 1.54) is 0 Å². The van der Waals surface area contributed by atoms with Gasteiger partial charge in [-0.05, 0) is 91.5 Å². The molecule has 8 aromatic rings. The molecule has 0 aliphatic carbocycles. The number of aliphatic imine (C=N–C) groups is 4. The molecule has 0 saturated heterocycles. The van der Waals surface area contributed by atoms with Crippen LogP contribution in [0, 0.1) is 0 Å². The molecule has 0 bridgehead atoms. The maximum atomic E-state index is 11.8. The Morgan fingerprint density at radius 3 is 0.705 bits per heavy atom. The first kappa shape index (κ1) is 74.5. The molecular weight excluding hydrogens is 1200 g/mol. The van der Waals surface area contributed by atoms with Gasteiger partial charge in [0.1, 0.15) is 0 Å². The van der Waals surface area contributed by atoms with Crippen LogP contribution in [0.25, 0.3) is 43.1 Å². The zero-order valence-electron chi connectivity index (χ0n) is 44.5. The van der Waals surface area contributed by atoms with Crippen LogP contribution in [-0.4, -0.2) is 114 Å². The Morgan fingerprint density at radius 2 is 0.513 bits per heavy atom. The summed E-state index contributed by atoms with van der Waals surface area (Å²) < 4.78 is 0. The van der Waals surface area contributed by atoms with Gasteiger partial charge in [0.15, 0.2) is 0 Å². The molecular formula is C60H72Br2Fe2N8O6+4. The molecule has 0 amide bonds. The number of rotatable bonds is 20. The average molecular weight is 1270 g/mol. The Hall–Kier alpha value is -5.56. The minimum atomic E-state index is 0. The molecule has 8 aromatic carbocycles. The first-order valence-electron chi connectivity index (χ1n) is 24.9. The van der Waals surface area contributed by atoms with E-state index < -0.39 is 0 Å². The van der Waals surface area contributed by atoms with Crippen LogP contribution in [0.2, 0.25) is 0 Å². The second-order valence-electron chi connectivity index (χ2n) is 16.3. The molecule has 0 aliphatic rings. The normalized spacial score (nSPS) is 10.5. The van der Waals surface area contributed by atoms with Crippen molar-refractivity contribution in [3.63, 3.8) is 0 Å². The van der Waals surface area contributed by atoms with E-state index in [0.717, 1.165) is 95.4 Å². The monoisotopic (exact) mass is 1270 g/mol. The van der Waals surface area contributed by atoms with Gasteiger partial charge in [-0.1, -0.05) is 196 Å². The van der Waals surface area contributed by atoms with Crippen LogP contribution in [0.3, 0.4) is 0 Å². The summed E-state index contributed by atoms with van der Waals surface area (Å²) in [5, 5.41) is 68.3. The molecule has 0 fully saturated rings. The molecule has 0 spiro atoms. The second kappa shape index (κ2) is 43.3. The number of nitrogens with zero attached hydrogens (tertiary/aromatic N) is 4. The van der Waals surface area contributed by atoms with Gasteiger partial charge in [-0.2, -0.15) is 0 Å². The number of halogens is 2. The number of hydrogen-bond acceptors (Lipinski definition) is 12. The van der Waals surface area contributed by atoms with E-state index in [4.69, 9.17) is 0 Å². The summed E-state index contributed by atoms with van der Waals surface area (Å²) >= 11 is 0. The number of benzene rings is 8. The van der Waals surface area contributed by atoms with Gasteiger partial charge in [-0.25, -0.2) is 0 Å². The zero-order valence-corrected chi connectivity index (χ0v) is 49.9. The fourth-order valence-electron chi connectivity index (χ4n) is 7.54. The van der Waals surface area contributed by atoms with Crippen molar-refractivity contribution in [2.45, 2.75) is 27.7 Å². The van der Waals surface area contributed by atoms with Crippen LogP contribution < -0.4 is 75.7 Å². The summed E-state index contributed by atoms with van der Waals surface area (Å²) in [5.74, 6) is 0.114. The molecule has 0 atom stereocenters. The minimum absolute atomic E-state index is 0. The van der Waals surface area contributed by atoms with Crippen molar-refractivity contribution in [3.05, 3.63) is 168 Å². The topological polar surface area (TPSA) is 253 Å². The second-order valence-corrected chi connectivity index (χ2v) is 16.3. The predicted molar refractivity (Wildman–Crippen MR) is 305 cm³/mol. The fourth-order valence-corrected chi connectivity index (χ4v) is 7.54. The Bertz CT molecular complexity index is 2640. The third-order valence-electron chi connectivity index (χ3n) is 11.3. The molecule has 0 saturated carbocycles. The van der Waals surface area contributed by atoms with Crippen molar-refractivity contribution in [1.29, 1.82) is 0 Å². The van der Waals surface area contributed by atoms with Gasteiger partial charge < -0.3 is 86.6 Å². The maximum Gasteiger partial charge on any atom is 5.00 e. The summed E-state index contributed by atoms with van der Waals surface area (Å²) in [6.45, 7) is 18.1. The summed E-state index contributed by atoms with van der Waals surface area (Å²) in [5.41, 5.74) is 2.74. The van der Waals surface area contributed by atoms with Gasteiger partial charge in [0.05, 0.1) is 26.2 Å². The first-order chi connectivity index (χ1) is 35.3. The number of fused-ring (bicyclic) bond motifs is 4. The van der Waals surface area contributed by atoms with E-state index in [9.17, 15) is 20.4 Å². The number of likely N-dealkylation sites (N-methyl/N-ethyl adjacent to an activating group) is 4. The van der Waals surface area contributed by atoms with Crippen molar-refractivity contribution in [3.8, 4) is 23.0 Å². The molecule has 8 rings (SSSR count). The Morgan fingerprint density at radius 1 is 0.321 bits per heavy atom. The van der Waals surface area contributed by atoms with Crippen LogP contribution in [0.4, 0.5) is 0 Å². The third kappa shape index (κ3) is 24.2. The minimum Gasteiger partial charge on any atom is -1.00 e. The SMILES string of the molecule is CCNCCN=Cc1c([O-])ccc2ccccc12.CCNCCN=Cc1c([O-])ccc2ccccc12.CCNCCN=Cc1c([O-])ccc2ccccc12.CCNCCN=Cc1c([O-])ccc2ccccc12.O.O.[Br-].[Br-].[Fe+5].[Fe+5]. The summed E-state index contributed by atoms with van der Waals surface area (Å²) in [4.78, 5) is 17.2. The van der Waals surface area contributed by atoms with Crippen LogP contribution in [0.5, 0.6) is 23.0 Å². The van der Waals surface area contributed by atoms with Crippen molar-refractivity contribution in [1.82, 2.24) is 21.3 Å². The largest absolute Gasteiger partial charge is 5.00 e. The van der Waals surface area contributed by atoms with Crippen LogP contribution in [0.1, 0.15) is 49.9 Å². The van der Waals surface area contributed by atoms with Gasteiger partial charge in [0.25, 0.3) is 0 Å². The van der Waals surface area contributed by atoms with Crippen molar-refractivity contribution in [2.24, 2.45) is 20.0 Å². The molecule has 14 nitrogen and oxygen atoms in total. The van der Waals surface area contributed by atoms with Crippen LogP contribution in [-0.2, 0) is 34.1 Å². The Kier molecular flexibility index (Phi) is 41.4. The van der Waals surface area contributed by atoms with Crippen molar-refractivity contribution in [2.75, 3.05) is 78.5 Å². The van der Waals surface area contributed by atoms with Gasteiger partial charge in [0.2, 0.25) is 0 Å². The average Bonchev–Trinajstić information content (AvgIpc) is 3.41. The molecule has 0 unspecified atom stereocenters. The number of hydrogen-bond donors (Lipinski definition) is 4. The van der Waals surface area contributed by atoms with E-state index in [-0.39, 0.29) is 102 Å². The van der Waals surface area contributed by atoms with E-state index in [1.54, 1.807) is 49.1 Å². The quantitative estimate of drug-likeness (QED) is 0.0463. The smallest absolute Gasteiger partial charge is 1.00 e. The molecule has 0 heterocycles. The summed E-state index contributed by atoms with van der Waals surface area (Å²) in [7, 11) is 0. The van der Waals surface area contributed by atoms with Gasteiger partial charge in [0, 0.05) is 51.0 Å². The standard InChI is InChI=1S/4C15H18N2O.2BrH.2Fe.2H2O/c4*1-2-16-9-10-17-11-14-13-6-4-3-5-12(13)7-8-15(14)18;;;;;;/h4*3-8,11,16,18H,2,9-10H2,1H3;2*1H;;;2*1H2/q;;;;;;2*+5;;/p-6. The van der Waals surface area contributed by atoms with Gasteiger partial charge in [-0.3, -0.25) is 20.0 Å². The summed E-state index contributed by atoms with van der Waals surface area (Å²) in [6, 6.07) is 45.4. The molecule has 0 aromatic heterocycles. The van der Waals surface area contributed by atoms with Crippen LogP contribution >= 0.6 is 0 Å². The van der Waals surface area contributed by atoms with E-state index in [0.29, 0.717) is 48.4 Å². The zero-order chi connectivity index (χ0) is 51.2. The molecule has 414 valence electrons. The van der Waals surface area contributed by atoms with Crippen LogP contribution in [0.15, 0.2) is 166 Å². The van der Waals surface area contributed by atoms with E-state index in [1.807, 2.05) is 121 Å². The van der Waals surface area contributed by atoms with Gasteiger partial charge >= 0.3 is 34.1 Å². The molecule has 0 aliphatic heterocycles. The predicted octanol–water partition coefficient (Wildman–Crippen LogP) is 0.121. The Balaban J connectivity index is 0. The van der Waals surface area contributed by atoms with E-state index in [2.05, 4.69) is 68.9 Å². The van der Waals surface area contributed by atoms with Gasteiger partial charge in [-0.15, -0.1) is 0 Å². The van der Waals surface area contributed by atoms with Crippen molar-refractivity contribution < 1.29 is 99.5 Å². The molecule has 78 heavy (non-hydrogen) atoms. The molecule has 18 heteroatoms. The maximum absolute atomic E-state index is 11.8. The van der Waals surface area contributed by atoms with E-state index >= 15 is 0 Å². The Labute approximate surface area is 502 Å². The molecule has 2 radical (unpaired) electrons. The number of nitrogens with one attached hydrogen (secondary N) is 4. The summed E-state index contributed by atoms with van der Waals surface area (Å²) in [6.07, 6.45) is 6.79. The first-order valence-corrected chi connectivity index (χ1v) is 24.9. The third-order valence-corrected chi connectivity index (χ3v) is 11.3. The molecule has 8 N–H and O–H groups in total.